The van der Waals surface area contributed by atoms with Crippen LogP contribution in [-0.4, -0.2) is 28.4 Å². The molecule has 0 saturated heterocycles. The van der Waals surface area contributed by atoms with E-state index in [1.54, 1.807) is 22.5 Å². The maximum Gasteiger partial charge on any atom is 0.240 e. The molecule has 1 amide bonds. The van der Waals surface area contributed by atoms with Crippen LogP contribution in [0.4, 0.5) is 4.39 Å². The van der Waals surface area contributed by atoms with Crippen LogP contribution >= 0.6 is 11.3 Å². The van der Waals surface area contributed by atoms with Gasteiger partial charge in [-0.3, -0.25) is 4.79 Å². The minimum Gasteiger partial charge on any atom is -0.337 e. The number of halogens is 1. The molecule has 0 radical (unpaired) electrons. The minimum absolute atomic E-state index is 0.0872. The summed E-state index contributed by atoms with van der Waals surface area (Å²) in [6.07, 6.45) is 2.35. The van der Waals surface area contributed by atoms with Gasteiger partial charge in [-0.1, -0.05) is 25.5 Å². The highest BCUT2D eigenvalue weighted by Gasteiger charge is 2.21. The first kappa shape index (κ1) is 17.6. The maximum absolute atomic E-state index is 13.0. The highest BCUT2D eigenvalue weighted by atomic mass is 32.1. The fourth-order valence-corrected chi connectivity index (χ4v) is 2.88. The van der Waals surface area contributed by atoms with E-state index in [1.807, 2.05) is 5.38 Å². The number of hydrogen-bond acceptors (Lipinski definition) is 4. The lowest BCUT2D eigenvalue weighted by atomic mass is 10.1. The molecule has 0 aliphatic heterocycles. The molecule has 4 nitrogen and oxygen atoms in total. The van der Waals surface area contributed by atoms with Crippen LogP contribution in [0.5, 0.6) is 0 Å². The Labute approximate surface area is 140 Å². The Morgan fingerprint density at radius 2 is 2.13 bits per heavy atom. The van der Waals surface area contributed by atoms with Gasteiger partial charge in [0.25, 0.3) is 0 Å². The summed E-state index contributed by atoms with van der Waals surface area (Å²) in [5, 5.41) is 1.91. The molecule has 0 aliphatic rings. The number of thiazole rings is 1. The topological polar surface area (TPSA) is 59.2 Å². The largest absolute Gasteiger partial charge is 0.337 e. The van der Waals surface area contributed by atoms with E-state index in [1.165, 1.54) is 23.5 Å². The second kappa shape index (κ2) is 8.74. The summed E-state index contributed by atoms with van der Waals surface area (Å²) >= 11 is 1.49. The quantitative estimate of drug-likeness (QED) is 0.807. The predicted octanol–water partition coefficient (Wildman–Crippen LogP) is 2.98. The summed E-state index contributed by atoms with van der Waals surface area (Å²) in [5.41, 5.74) is 9.55. The normalized spacial score (nSPS) is 12.1. The zero-order chi connectivity index (χ0) is 16.7. The number of aromatic nitrogens is 1. The van der Waals surface area contributed by atoms with Crippen LogP contribution in [0.25, 0.3) is 0 Å². The molecule has 0 aliphatic carbocycles. The van der Waals surface area contributed by atoms with Crippen LogP contribution in [0.15, 0.2) is 35.2 Å². The van der Waals surface area contributed by atoms with E-state index in [2.05, 4.69) is 11.9 Å². The van der Waals surface area contributed by atoms with Gasteiger partial charge in [0.2, 0.25) is 5.91 Å². The summed E-state index contributed by atoms with van der Waals surface area (Å²) in [5.74, 6) is -0.365. The van der Waals surface area contributed by atoms with Gasteiger partial charge < -0.3 is 10.6 Å². The standard InChI is InChI=1S/C17H22FN3OS/c1-2-3-8-21(10-13-4-6-14(18)7-5-13)17(22)16(19)9-15-11-23-12-20-15/h4-7,11-12,16H,2-3,8-10,19H2,1H3/t16-/m0/s1. The van der Waals surface area contributed by atoms with Gasteiger partial charge in [0.05, 0.1) is 17.2 Å². The lowest BCUT2D eigenvalue weighted by Crippen LogP contribution is -2.45. The molecule has 124 valence electrons. The Bertz CT molecular complexity index is 601. The van der Waals surface area contributed by atoms with E-state index >= 15 is 0 Å². The van der Waals surface area contributed by atoms with Crippen molar-refractivity contribution in [2.75, 3.05) is 6.54 Å². The van der Waals surface area contributed by atoms with E-state index in [-0.39, 0.29) is 11.7 Å². The summed E-state index contributed by atoms with van der Waals surface area (Å²) in [4.78, 5) is 18.6. The summed E-state index contributed by atoms with van der Waals surface area (Å²) in [6, 6.07) is 5.62. The first-order valence-corrected chi connectivity index (χ1v) is 8.70. The number of carbonyl (C=O) groups is 1. The minimum atomic E-state index is -0.602. The average Bonchev–Trinajstić information content (AvgIpc) is 3.05. The van der Waals surface area contributed by atoms with E-state index in [9.17, 15) is 9.18 Å². The lowest BCUT2D eigenvalue weighted by molar-refractivity contribution is -0.133. The van der Waals surface area contributed by atoms with Gasteiger partial charge in [-0.2, -0.15) is 0 Å². The lowest BCUT2D eigenvalue weighted by Gasteiger charge is -2.25. The number of rotatable bonds is 8. The Kier molecular flexibility index (Phi) is 6.67. The molecule has 0 bridgehead atoms. The second-order valence-corrected chi connectivity index (χ2v) is 6.25. The average molecular weight is 335 g/mol. The molecule has 23 heavy (non-hydrogen) atoms. The van der Waals surface area contributed by atoms with E-state index in [0.29, 0.717) is 19.5 Å². The number of unbranched alkanes of at least 4 members (excludes halogenated alkanes) is 1. The molecule has 2 rings (SSSR count). The van der Waals surface area contributed by atoms with Crippen LogP contribution < -0.4 is 5.73 Å². The Hall–Kier alpha value is -1.79. The SMILES string of the molecule is CCCCN(Cc1ccc(F)cc1)C(=O)[C@@H](N)Cc1cscn1. The van der Waals surface area contributed by atoms with E-state index < -0.39 is 6.04 Å². The fourth-order valence-electron chi connectivity index (χ4n) is 2.31. The van der Waals surface area contributed by atoms with Crippen molar-refractivity contribution in [1.82, 2.24) is 9.88 Å². The molecule has 1 heterocycles. The molecule has 0 fully saturated rings. The number of hydrogen-bond donors (Lipinski definition) is 1. The first-order valence-electron chi connectivity index (χ1n) is 7.76. The molecule has 2 N–H and O–H groups in total. The highest BCUT2D eigenvalue weighted by molar-refractivity contribution is 7.07. The fraction of sp³-hybridized carbons (Fsp3) is 0.412. The molecule has 0 spiro atoms. The molecule has 1 atom stereocenters. The molecule has 6 heteroatoms. The van der Waals surface area contributed by atoms with Gasteiger partial charge in [0, 0.05) is 24.9 Å². The maximum atomic E-state index is 13.0. The molecular formula is C17H22FN3OS. The van der Waals surface area contributed by atoms with Gasteiger partial charge in [-0.25, -0.2) is 9.37 Å². The number of nitrogens with two attached hydrogens (primary N) is 1. The molecular weight excluding hydrogens is 313 g/mol. The van der Waals surface area contributed by atoms with Crippen LogP contribution in [0.2, 0.25) is 0 Å². The summed E-state index contributed by atoms with van der Waals surface area (Å²) in [6.45, 7) is 3.18. The zero-order valence-electron chi connectivity index (χ0n) is 13.2. The van der Waals surface area contributed by atoms with Crippen molar-refractivity contribution in [1.29, 1.82) is 0 Å². The van der Waals surface area contributed by atoms with Gasteiger partial charge in [0.1, 0.15) is 5.82 Å². The third-order valence-electron chi connectivity index (χ3n) is 3.61. The van der Waals surface area contributed by atoms with Crippen LogP contribution in [0, 0.1) is 5.82 Å². The van der Waals surface area contributed by atoms with Crippen molar-refractivity contribution in [3.63, 3.8) is 0 Å². The molecule has 2 aromatic rings. The monoisotopic (exact) mass is 335 g/mol. The van der Waals surface area contributed by atoms with Crippen molar-refractivity contribution >= 4 is 17.2 Å². The van der Waals surface area contributed by atoms with Gasteiger partial charge in [0.15, 0.2) is 0 Å². The molecule has 0 unspecified atom stereocenters. The van der Waals surface area contributed by atoms with Gasteiger partial charge in [-0.15, -0.1) is 11.3 Å². The van der Waals surface area contributed by atoms with E-state index in [4.69, 9.17) is 5.73 Å². The molecule has 1 aromatic carbocycles. The van der Waals surface area contributed by atoms with Crippen molar-refractivity contribution < 1.29 is 9.18 Å². The summed E-state index contributed by atoms with van der Waals surface area (Å²) in [7, 11) is 0. The Morgan fingerprint density at radius 3 is 2.74 bits per heavy atom. The predicted molar refractivity (Wildman–Crippen MR) is 90.5 cm³/mol. The second-order valence-electron chi connectivity index (χ2n) is 5.53. The third-order valence-corrected chi connectivity index (χ3v) is 4.24. The number of benzene rings is 1. The number of amides is 1. The van der Waals surface area contributed by atoms with Crippen LogP contribution in [-0.2, 0) is 17.8 Å². The van der Waals surface area contributed by atoms with Crippen LogP contribution in [0.1, 0.15) is 31.0 Å². The van der Waals surface area contributed by atoms with Crippen molar-refractivity contribution in [2.24, 2.45) is 5.73 Å². The molecule has 0 saturated carbocycles. The third kappa shape index (κ3) is 5.41. The Morgan fingerprint density at radius 1 is 1.39 bits per heavy atom. The number of carbonyl (C=O) groups excluding carboxylic acids is 1. The zero-order valence-corrected chi connectivity index (χ0v) is 14.1. The highest BCUT2D eigenvalue weighted by Crippen LogP contribution is 2.11. The van der Waals surface area contributed by atoms with Crippen LogP contribution in [0.3, 0.4) is 0 Å². The first-order chi connectivity index (χ1) is 11.1. The number of nitrogens with zero attached hydrogens (tertiary/aromatic N) is 2. The van der Waals surface area contributed by atoms with Gasteiger partial charge >= 0.3 is 0 Å². The summed E-state index contributed by atoms with van der Waals surface area (Å²) < 4.78 is 13.0. The van der Waals surface area contributed by atoms with Crippen molar-refractivity contribution in [3.8, 4) is 0 Å². The smallest absolute Gasteiger partial charge is 0.240 e. The van der Waals surface area contributed by atoms with Crippen molar-refractivity contribution in [3.05, 3.63) is 52.2 Å². The van der Waals surface area contributed by atoms with Gasteiger partial charge in [-0.05, 0) is 24.1 Å². The van der Waals surface area contributed by atoms with E-state index in [0.717, 1.165) is 24.1 Å². The Balaban J connectivity index is 2.03. The van der Waals surface area contributed by atoms with Crippen molar-refractivity contribution in [2.45, 2.75) is 38.8 Å². The molecule has 1 aromatic heterocycles.